The molecule has 0 bridgehead atoms. The van der Waals surface area contributed by atoms with Gasteiger partial charge in [-0.1, -0.05) is 27.7 Å². The summed E-state index contributed by atoms with van der Waals surface area (Å²) in [7, 11) is 0.344. The van der Waals surface area contributed by atoms with Crippen molar-refractivity contribution in [2.45, 2.75) is 84.2 Å². The molecule has 1 unspecified atom stereocenters. The van der Waals surface area contributed by atoms with E-state index in [1.807, 2.05) is 40.7 Å². The Hall–Kier alpha value is -3.82. The van der Waals surface area contributed by atoms with E-state index in [0.29, 0.717) is 47.6 Å². The van der Waals surface area contributed by atoms with E-state index >= 15 is 0 Å². The van der Waals surface area contributed by atoms with Crippen LogP contribution in [-0.4, -0.2) is 68.0 Å². The van der Waals surface area contributed by atoms with Crippen LogP contribution >= 0.6 is 10.3 Å². The fourth-order valence-electron chi connectivity index (χ4n) is 4.76. The van der Waals surface area contributed by atoms with Gasteiger partial charge in [0.25, 0.3) is 0 Å². The summed E-state index contributed by atoms with van der Waals surface area (Å²) in [6.45, 7) is 18.7. The van der Waals surface area contributed by atoms with Crippen molar-refractivity contribution in [3.63, 3.8) is 0 Å². The number of carbonyl (C=O) groups is 1. The van der Waals surface area contributed by atoms with E-state index < -0.39 is 27.4 Å². The van der Waals surface area contributed by atoms with Gasteiger partial charge in [0.05, 0.1) is 35.9 Å². The zero-order valence-electron chi connectivity index (χ0n) is 28.6. The van der Waals surface area contributed by atoms with Crippen molar-refractivity contribution in [1.82, 2.24) is 19.7 Å². The summed E-state index contributed by atoms with van der Waals surface area (Å²) in [5.41, 5.74) is 2.39. The molecular formula is C33H47N7O4S. The molecule has 2 aromatic heterocycles. The molecule has 1 N–H and O–H groups in total. The topological polar surface area (TPSA) is 127 Å². The highest BCUT2D eigenvalue weighted by molar-refractivity contribution is 8.29. The molecule has 3 aromatic rings. The molecule has 1 amide bonds. The molecule has 1 aliphatic heterocycles. The molecule has 0 spiro atoms. The van der Waals surface area contributed by atoms with Crippen LogP contribution in [0.1, 0.15) is 73.4 Å². The molecule has 244 valence electrons. The average Bonchev–Trinajstić information content (AvgIpc) is 3.42. The second-order valence-corrected chi connectivity index (χ2v) is 18.2. The molecule has 1 aromatic carbocycles. The lowest BCUT2D eigenvalue weighted by atomic mass is 9.83. The third kappa shape index (κ3) is 7.36. The second kappa shape index (κ2) is 12.2. The van der Waals surface area contributed by atoms with Crippen LogP contribution in [0.3, 0.4) is 0 Å². The van der Waals surface area contributed by atoms with Crippen molar-refractivity contribution in [3.05, 3.63) is 41.7 Å². The van der Waals surface area contributed by atoms with Gasteiger partial charge in [-0.15, -0.1) is 10.3 Å². The Morgan fingerprint density at radius 1 is 1.20 bits per heavy atom. The first kappa shape index (κ1) is 34.1. The third-order valence-corrected chi connectivity index (χ3v) is 11.5. The molecule has 0 radical (unpaired) electrons. The first-order valence-electron chi connectivity index (χ1n) is 15.0. The highest BCUT2D eigenvalue weighted by Gasteiger charge is 2.46. The monoisotopic (exact) mass is 637 g/mol. The van der Waals surface area contributed by atoms with Crippen LogP contribution < -0.4 is 15.0 Å². The Kier molecular flexibility index (Phi) is 9.21. The SMILES string of the molecule is CC(C)Oc1c(Nc2nccc(-c3cc(C#N)c4c(c3)C(C)(COS(C)(C)C(C)(C)C)CN4C(=O)OC(C)(C)C)n2)cnn1C. The molecule has 4 rings (SSSR count). The highest BCUT2D eigenvalue weighted by Crippen LogP contribution is 2.56. The predicted octanol–water partition coefficient (Wildman–Crippen LogP) is 7.09. The van der Waals surface area contributed by atoms with Crippen molar-refractivity contribution >= 4 is 33.7 Å². The number of benzene rings is 1. The molecule has 12 heteroatoms. The van der Waals surface area contributed by atoms with Gasteiger partial charge in [-0.05, 0) is 70.9 Å². The highest BCUT2D eigenvalue weighted by atomic mass is 32.3. The minimum Gasteiger partial charge on any atom is -0.474 e. The molecule has 0 saturated heterocycles. The predicted molar refractivity (Wildman–Crippen MR) is 181 cm³/mol. The van der Waals surface area contributed by atoms with E-state index in [0.717, 1.165) is 11.1 Å². The van der Waals surface area contributed by atoms with Crippen molar-refractivity contribution in [1.29, 1.82) is 5.26 Å². The normalized spacial score (nSPS) is 17.2. The van der Waals surface area contributed by atoms with E-state index in [4.69, 9.17) is 18.6 Å². The van der Waals surface area contributed by atoms with Crippen molar-refractivity contribution in [2.24, 2.45) is 7.05 Å². The maximum Gasteiger partial charge on any atom is 0.414 e. The van der Waals surface area contributed by atoms with Crippen LogP contribution in [0.15, 0.2) is 30.6 Å². The second-order valence-electron chi connectivity index (χ2n) is 14.3. The summed E-state index contributed by atoms with van der Waals surface area (Å²) in [5, 5.41) is 17.9. The number of nitriles is 1. The number of hydrogen-bond donors (Lipinski definition) is 1. The number of ether oxygens (including phenoxy) is 2. The van der Waals surface area contributed by atoms with Gasteiger partial charge >= 0.3 is 6.09 Å². The Morgan fingerprint density at radius 3 is 2.49 bits per heavy atom. The van der Waals surface area contributed by atoms with Crippen LogP contribution in [0.25, 0.3) is 11.3 Å². The van der Waals surface area contributed by atoms with E-state index in [1.165, 1.54) is 0 Å². The van der Waals surface area contributed by atoms with Crippen LogP contribution in [0, 0.1) is 11.3 Å². The largest absolute Gasteiger partial charge is 0.474 e. The lowest BCUT2D eigenvalue weighted by molar-refractivity contribution is 0.0576. The maximum atomic E-state index is 13.5. The number of fused-ring (bicyclic) bond motifs is 1. The summed E-state index contributed by atoms with van der Waals surface area (Å²) >= 11 is 0. The van der Waals surface area contributed by atoms with Crippen LogP contribution in [-0.2, 0) is 21.4 Å². The zero-order valence-corrected chi connectivity index (χ0v) is 29.4. The van der Waals surface area contributed by atoms with E-state index in [-0.39, 0.29) is 10.9 Å². The Morgan fingerprint density at radius 2 is 1.89 bits per heavy atom. The standard InChI is InChI=1S/C33H47N7O4S/c1-21(2)43-28-26(18-36-39(28)10)38-29-35-14-13-25(37-29)22-15-23(17-34)27-24(16-22)33(9,20-42-45(11,12)32(6,7)8)19-40(27)30(41)44-31(3,4)5/h13-16,18,21H,19-20H2,1-12H3,(H,35,37,38). The Balaban J connectivity index is 1.78. The average molecular weight is 638 g/mol. The molecule has 11 nitrogen and oxygen atoms in total. The number of nitrogens with zero attached hydrogens (tertiary/aromatic N) is 6. The minimum absolute atomic E-state index is 0.0434. The number of hydrogen-bond acceptors (Lipinski definition) is 9. The first-order chi connectivity index (χ1) is 20.7. The van der Waals surface area contributed by atoms with Gasteiger partial charge in [-0.3, -0.25) is 4.90 Å². The van der Waals surface area contributed by atoms with Gasteiger partial charge in [-0.2, -0.15) is 10.4 Å². The number of amides is 1. The van der Waals surface area contributed by atoms with E-state index in [2.05, 4.69) is 61.7 Å². The number of nitrogens with one attached hydrogen (secondary N) is 1. The summed E-state index contributed by atoms with van der Waals surface area (Å²) in [6.07, 6.45) is 7.10. The Bertz CT molecular complexity index is 1610. The fraction of sp³-hybridized carbons (Fsp3) is 0.545. The van der Waals surface area contributed by atoms with Gasteiger partial charge in [0, 0.05) is 35.5 Å². The van der Waals surface area contributed by atoms with E-state index in [1.54, 1.807) is 41.2 Å². The lowest BCUT2D eigenvalue weighted by Crippen LogP contribution is -2.41. The molecular weight excluding hydrogens is 590 g/mol. The first-order valence-corrected chi connectivity index (χ1v) is 17.4. The van der Waals surface area contributed by atoms with Crippen LogP contribution in [0.4, 0.5) is 22.1 Å². The number of rotatable bonds is 8. The molecule has 3 heterocycles. The summed E-state index contributed by atoms with van der Waals surface area (Å²) < 4.78 is 20.0. The quantitative estimate of drug-likeness (QED) is 0.275. The van der Waals surface area contributed by atoms with Gasteiger partial charge < -0.3 is 19.0 Å². The fourth-order valence-corrected chi connectivity index (χ4v) is 5.67. The molecule has 1 aliphatic rings. The maximum absolute atomic E-state index is 13.5. The number of carbonyl (C=O) groups excluding carboxylic acids is 1. The van der Waals surface area contributed by atoms with Gasteiger partial charge in [0.1, 0.15) is 17.4 Å². The van der Waals surface area contributed by atoms with Crippen molar-refractivity contribution in [3.8, 4) is 23.2 Å². The molecule has 0 saturated carbocycles. The third-order valence-electron chi connectivity index (χ3n) is 7.85. The molecule has 0 fully saturated rings. The smallest absolute Gasteiger partial charge is 0.414 e. The Labute approximate surface area is 268 Å². The molecule has 0 aliphatic carbocycles. The van der Waals surface area contributed by atoms with Crippen molar-refractivity contribution in [2.75, 3.05) is 35.9 Å². The summed E-state index contributed by atoms with van der Waals surface area (Å²) in [4.78, 5) is 24.3. The van der Waals surface area contributed by atoms with Gasteiger partial charge in [0.2, 0.25) is 11.8 Å². The van der Waals surface area contributed by atoms with Crippen LogP contribution in [0.5, 0.6) is 5.88 Å². The van der Waals surface area contributed by atoms with Gasteiger partial charge in [0.15, 0.2) is 0 Å². The molecule has 45 heavy (non-hydrogen) atoms. The van der Waals surface area contributed by atoms with Crippen molar-refractivity contribution < 1.29 is 18.5 Å². The number of aryl methyl sites for hydroxylation is 1. The molecule has 1 atom stereocenters. The number of anilines is 3. The van der Waals surface area contributed by atoms with Crippen LogP contribution in [0.2, 0.25) is 0 Å². The summed E-state index contributed by atoms with van der Waals surface area (Å²) in [5.74, 6) is 0.923. The van der Waals surface area contributed by atoms with Gasteiger partial charge in [-0.25, -0.2) is 19.4 Å². The summed E-state index contributed by atoms with van der Waals surface area (Å²) in [6, 6.07) is 7.89. The lowest BCUT2D eigenvalue weighted by Gasteiger charge is -2.45. The minimum atomic E-state index is -1.46. The number of aromatic nitrogens is 4. The zero-order chi connectivity index (χ0) is 33.5. The van der Waals surface area contributed by atoms with E-state index in [9.17, 15) is 10.1 Å².